The molecule has 2 N–H and O–H groups in total. The summed E-state index contributed by atoms with van der Waals surface area (Å²) in [6, 6.07) is 7.77. The number of carbonyl (C=O) groups is 2. The van der Waals surface area contributed by atoms with Crippen LogP contribution in [0.2, 0.25) is 0 Å². The van der Waals surface area contributed by atoms with Crippen LogP contribution in [0.3, 0.4) is 0 Å². The maximum Gasteiger partial charge on any atom is 0.237 e. The Kier molecular flexibility index (Phi) is 6.30. The summed E-state index contributed by atoms with van der Waals surface area (Å²) in [5.74, 6) is 0.457. The van der Waals surface area contributed by atoms with Gasteiger partial charge in [-0.05, 0) is 69.8 Å². The Bertz CT molecular complexity index is 623. The quantitative estimate of drug-likeness (QED) is 0.785. The first kappa shape index (κ1) is 18.9. The van der Waals surface area contributed by atoms with Crippen molar-refractivity contribution in [3.63, 3.8) is 0 Å². The Morgan fingerprint density at radius 3 is 2.50 bits per heavy atom. The van der Waals surface area contributed by atoms with E-state index < -0.39 is 0 Å². The number of nitrogens with one attached hydrogen (secondary N) is 2. The third-order valence-corrected chi connectivity index (χ3v) is 5.41. The maximum atomic E-state index is 12.8. The number of benzene rings is 1. The van der Waals surface area contributed by atoms with Gasteiger partial charge in [0.05, 0.1) is 12.1 Å². The van der Waals surface area contributed by atoms with Crippen LogP contribution in [0, 0.1) is 5.92 Å². The molecule has 0 aromatic heterocycles. The van der Waals surface area contributed by atoms with Crippen LogP contribution in [0.25, 0.3) is 0 Å². The van der Waals surface area contributed by atoms with Crippen LogP contribution in [-0.2, 0) is 9.59 Å². The van der Waals surface area contributed by atoms with Crippen LogP contribution >= 0.6 is 0 Å². The lowest BCUT2D eigenvalue weighted by atomic mass is 10.00. The highest BCUT2D eigenvalue weighted by Crippen LogP contribution is 2.30. The fourth-order valence-corrected chi connectivity index (χ4v) is 3.68. The van der Waals surface area contributed by atoms with Gasteiger partial charge in [-0.15, -0.1) is 0 Å². The van der Waals surface area contributed by atoms with Crippen LogP contribution in [0.5, 0.6) is 0 Å². The first-order valence-corrected chi connectivity index (χ1v) is 10.0. The highest BCUT2D eigenvalue weighted by molar-refractivity contribution is 5.94. The van der Waals surface area contributed by atoms with Crippen LogP contribution in [0.1, 0.15) is 64.0 Å². The van der Waals surface area contributed by atoms with Crippen LogP contribution in [-0.4, -0.2) is 35.8 Å². The van der Waals surface area contributed by atoms with Gasteiger partial charge in [0.15, 0.2) is 0 Å². The SMILES string of the molecule is CCCN1CCCCC1C(=O)NC(C)c1ccc(NC(=O)C2CC2)cc1. The standard InChI is InChI=1S/C21H31N3O2/c1-3-13-24-14-5-4-6-19(24)21(26)22-15(2)16-9-11-18(12-10-16)23-20(25)17-7-8-17/h9-12,15,17,19H,3-8,13-14H2,1-2H3,(H,22,26)(H,23,25). The van der Waals surface area contributed by atoms with Gasteiger partial charge in [-0.3, -0.25) is 14.5 Å². The third kappa shape index (κ3) is 4.85. The van der Waals surface area contributed by atoms with Gasteiger partial charge in [0.1, 0.15) is 0 Å². The number of piperidine rings is 1. The summed E-state index contributed by atoms with van der Waals surface area (Å²) in [5.41, 5.74) is 1.88. The van der Waals surface area contributed by atoms with Crippen molar-refractivity contribution < 1.29 is 9.59 Å². The second-order valence-corrected chi connectivity index (χ2v) is 7.66. The van der Waals surface area contributed by atoms with E-state index in [-0.39, 0.29) is 29.8 Å². The summed E-state index contributed by atoms with van der Waals surface area (Å²) in [5, 5.41) is 6.12. The smallest absolute Gasteiger partial charge is 0.237 e. The molecule has 1 aliphatic carbocycles. The summed E-state index contributed by atoms with van der Waals surface area (Å²) in [6.07, 6.45) is 6.35. The van der Waals surface area contributed by atoms with Crippen molar-refractivity contribution in [2.75, 3.05) is 18.4 Å². The Labute approximate surface area is 156 Å². The number of likely N-dealkylation sites (tertiary alicyclic amines) is 1. The molecule has 26 heavy (non-hydrogen) atoms. The molecule has 1 saturated heterocycles. The van der Waals surface area contributed by atoms with Crippen molar-refractivity contribution in [2.45, 2.75) is 64.5 Å². The van der Waals surface area contributed by atoms with E-state index >= 15 is 0 Å². The number of hydrogen-bond donors (Lipinski definition) is 2. The van der Waals surface area contributed by atoms with Crippen LogP contribution in [0.15, 0.2) is 24.3 Å². The van der Waals surface area contributed by atoms with E-state index in [2.05, 4.69) is 22.5 Å². The van der Waals surface area contributed by atoms with Gasteiger partial charge in [0, 0.05) is 11.6 Å². The Morgan fingerprint density at radius 1 is 1.12 bits per heavy atom. The van der Waals surface area contributed by atoms with Gasteiger partial charge in [-0.2, -0.15) is 0 Å². The number of rotatable bonds is 7. The summed E-state index contributed by atoms with van der Waals surface area (Å²) in [7, 11) is 0. The molecule has 3 rings (SSSR count). The zero-order chi connectivity index (χ0) is 18.5. The first-order valence-electron chi connectivity index (χ1n) is 10.0. The fourth-order valence-electron chi connectivity index (χ4n) is 3.68. The van der Waals surface area contributed by atoms with Gasteiger partial charge in [0.25, 0.3) is 0 Å². The van der Waals surface area contributed by atoms with Crippen molar-refractivity contribution in [3.05, 3.63) is 29.8 Å². The number of amides is 2. The number of nitrogens with zero attached hydrogens (tertiary/aromatic N) is 1. The minimum atomic E-state index is -0.0407. The van der Waals surface area contributed by atoms with E-state index in [0.717, 1.165) is 56.4 Å². The van der Waals surface area contributed by atoms with Crippen molar-refractivity contribution >= 4 is 17.5 Å². The van der Waals surface area contributed by atoms with Gasteiger partial charge < -0.3 is 10.6 Å². The zero-order valence-electron chi connectivity index (χ0n) is 16.0. The molecule has 1 aliphatic heterocycles. The molecule has 2 unspecified atom stereocenters. The molecule has 2 aliphatic rings. The van der Waals surface area contributed by atoms with Gasteiger partial charge in [0.2, 0.25) is 11.8 Å². The maximum absolute atomic E-state index is 12.8. The lowest BCUT2D eigenvalue weighted by molar-refractivity contribution is -0.128. The van der Waals surface area contributed by atoms with Crippen molar-refractivity contribution in [3.8, 4) is 0 Å². The number of anilines is 1. The number of hydrogen-bond acceptors (Lipinski definition) is 3. The lowest BCUT2D eigenvalue weighted by Gasteiger charge is -2.35. The molecule has 1 aromatic rings. The predicted octanol–water partition coefficient (Wildman–Crippen LogP) is 3.48. The van der Waals surface area contributed by atoms with Gasteiger partial charge in [-0.25, -0.2) is 0 Å². The molecular formula is C21H31N3O2. The molecule has 0 bridgehead atoms. The van der Waals surface area contributed by atoms with Crippen LogP contribution < -0.4 is 10.6 Å². The van der Waals surface area contributed by atoms with E-state index in [1.54, 1.807) is 0 Å². The molecule has 5 heteroatoms. The zero-order valence-corrected chi connectivity index (χ0v) is 16.0. The molecule has 142 valence electrons. The van der Waals surface area contributed by atoms with E-state index in [1.165, 1.54) is 6.42 Å². The largest absolute Gasteiger partial charge is 0.348 e. The van der Waals surface area contributed by atoms with E-state index in [1.807, 2.05) is 31.2 Å². The highest BCUT2D eigenvalue weighted by atomic mass is 16.2. The van der Waals surface area contributed by atoms with Crippen molar-refractivity contribution in [2.24, 2.45) is 5.92 Å². The van der Waals surface area contributed by atoms with Gasteiger partial charge in [-0.1, -0.05) is 25.5 Å². The minimum Gasteiger partial charge on any atom is -0.348 e. The van der Waals surface area contributed by atoms with Crippen LogP contribution in [0.4, 0.5) is 5.69 Å². The summed E-state index contributed by atoms with van der Waals surface area (Å²) in [6.45, 7) is 6.19. The fraction of sp³-hybridized carbons (Fsp3) is 0.619. The normalized spacial score (nSPS) is 21.8. The summed E-state index contributed by atoms with van der Waals surface area (Å²) >= 11 is 0. The minimum absolute atomic E-state index is 0.00301. The molecule has 1 aromatic carbocycles. The monoisotopic (exact) mass is 357 g/mol. The number of carbonyl (C=O) groups excluding carboxylic acids is 2. The average molecular weight is 357 g/mol. The molecule has 2 amide bonds. The molecular weight excluding hydrogens is 326 g/mol. The lowest BCUT2D eigenvalue weighted by Crippen LogP contribution is -2.50. The van der Waals surface area contributed by atoms with Crippen molar-refractivity contribution in [1.29, 1.82) is 0 Å². The van der Waals surface area contributed by atoms with Gasteiger partial charge >= 0.3 is 0 Å². The molecule has 5 nitrogen and oxygen atoms in total. The Morgan fingerprint density at radius 2 is 1.85 bits per heavy atom. The topological polar surface area (TPSA) is 61.4 Å². The molecule has 1 heterocycles. The average Bonchev–Trinajstić information content (AvgIpc) is 3.48. The first-order chi connectivity index (χ1) is 12.6. The van der Waals surface area contributed by atoms with Crippen molar-refractivity contribution in [1.82, 2.24) is 10.2 Å². The molecule has 2 fully saturated rings. The molecule has 0 radical (unpaired) electrons. The molecule has 1 saturated carbocycles. The predicted molar refractivity (Wildman–Crippen MR) is 104 cm³/mol. The third-order valence-electron chi connectivity index (χ3n) is 5.41. The van der Waals surface area contributed by atoms with E-state index in [9.17, 15) is 9.59 Å². The Balaban J connectivity index is 1.55. The second-order valence-electron chi connectivity index (χ2n) is 7.66. The van der Waals surface area contributed by atoms with E-state index in [4.69, 9.17) is 0 Å². The van der Waals surface area contributed by atoms with E-state index in [0.29, 0.717) is 0 Å². The highest BCUT2D eigenvalue weighted by Gasteiger charge is 2.30. The summed E-state index contributed by atoms with van der Waals surface area (Å²) in [4.78, 5) is 26.9. The second kappa shape index (κ2) is 8.67. The Hall–Kier alpha value is -1.88. The molecule has 2 atom stereocenters. The summed E-state index contributed by atoms with van der Waals surface area (Å²) < 4.78 is 0. The molecule has 0 spiro atoms.